The van der Waals surface area contributed by atoms with Gasteiger partial charge in [0.05, 0.1) is 0 Å². The van der Waals surface area contributed by atoms with E-state index < -0.39 is 12.1 Å². The number of hydrogen-bond donors (Lipinski definition) is 0. The Bertz CT molecular complexity index is 1440. The van der Waals surface area contributed by atoms with Crippen molar-refractivity contribution < 1.29 is 28.6 Å². The lowest BCUT2D eigenvalue weighted by Gasteiger charge is -2.18. The third kappa shape index (κ3) is 55.0. The molecule has 6 nitrogen and oxygen atoms in total. The fourth-order valence-electron chi connectivity index (χ4n) is 7.71. The molecule has 0 rings (SSSR count). The second kappa shape index (κ2) is 57.6. The number of carbonyl (C=O) groups is 3. The second-order valence-corrected chi connectivity index (χ2v) is 18.8. The van der Waals surface area contributed by atoms with Gasteiger partial charge in [-0.25, -0.2) is 0 Å². The first kappa shape index (κ1) is 66.1. The number of ether oxygens (including phenoxy) is 3. The first-order valence-corrected chi connectivity index (χ1v) is 28.9. The molecule has 0 N–H and O–H groups in total. The lowest BCUT2D eigenvalue weighted by atomic mass is 10.0. The number of esters is 3. The molecule has 1 unspecified atom stereocenters. The molecule has 0 aliphatic carbocycles. The molecule has 0 spiro atoms. The molecule has 0 amide bonds. The zero-order valence-corrected chi connectivity index (χ0v) is 45.5. The monoisotopic (exact) mass is 971 g/mol. The first-order chi connectivity index (χ1) is 34.5. The molecule has 0 saturated heterocycles. The van der Waals surface area contributed by atoms with Crippen LogP contribution in [0.5, 0.6) is 0 Å². The summed E-state index contributed by atoms with van der Waals surface area (Å²) in [7, 11) is 0. The van der Waals surface area contributed by atoms with Crippen molar-refractivity contribution in [3.05, 3.63) is 109 Å². The normalized spacial score (nSPS) is 12.9. The number of hydrogen-bond acceptors (Lipinski definition) is 6. The van der Waals surface area contributed by atoms with Crippen molar-refractivity contribution in [1.82, 2.24) is 0 Å². The Hall–Kier alpha value is -3.93. The highest BCUT2D eigenvalue weighted by Crippen LogP contribution is 2.15. The summed E-state index contributed by atoms with van der Waals surface area (Å²) in [4.78, 5) is 37.8. The molecule has 0 aliphatic heterocycles. The molecule has 0 heterocycles. The van der Waals surface area contributed by atoms with Gasteiger partial charge < -0.3 is 14.2 Å². The summed E-state index contributed by atoms with van der Waals surface area (Å²) in [5.74, 6) is -1.01. The summed E-state index contributed by atoms with van der Waals surface area (Å²) >= 11 is 0. The Morgan fingerprint density at radius 2 is 0.586 bits per heavy atom. The van der Waals surface area contributed by atoms with Crippen molar-refractivity contribution >= 4 is 17.9 Å². The Kier molecular flexibility index (Phi) is 54.4. The minimum Gasteiger partial charge on any atom is -0.462 e. The van der Waals surface area contributed by atoms with Crippen LogP contribution in [0.4, 0.5) is 0 Å². The van der Waals surface area contributed by atoms with Gasteiger partial charge in [0.15, 0.2) is 6.10 Å². The van der Waals surface area contributed by atoms with Gasteiger partial charge in [-0.2, -0.15) is 0 Å². The summed E-state index contributed by atoms with van der Waals surface area (Å²) in [6, 6.07) is 0. The van der Waals surface area contributed by atoms with Crippen molar-refractivity contribution in [1.29, 1.82) is 0 Å². The molecule has 70 heavy (non-hydrogen) atoms. The van der Waals surface area contributed by atoms with Gasteiger partial charge in [-0.1, -0.05) is 252 Å². The van der Waals surface area contributed by atoms with Crippen LogP contribution in [-0.4, -0.2) is 37.2 Å². The fourth-order valence-corrected chi connectivity index (χ4v) is 7.71. The number of carbonyl (C=O) groups excluding carboxylic acids is 3. The van der Waals surface area contributed by atoms with Crippen molar-refractivity contribution in [3.8, 4) is 0 Å². The average molecular weight is 972 g/mol. The van der Waals surface area contributed by atoms with Gasteiger partial charge in [-0.3, -0.25) is 14.4 Å². The summed E-state index contributed by atoms with van der Waals surface area (Å²) in [6.07, 6.45) is 78.5. The van der Waals surface area contributed by atoms with Crippen molar-refractivity contribution in [2.24, 2.45) is 0 Å². The van der Waals surface area contributed by atoms with E-state index in [9.17, 15) is 14.4 Å². The molecule has 0 bridgehead atoms. The molecule has 0 aromatic carbocycles. The van der Waals surface area contributed by atoms with E-state index in [-0.39, 0.29) is 31.6 Å². The van der Waals surface area contributed by atoms with Crippen molar-refractivity contribution in [2.75, 3.05) is 13.2 Å². The maximum Gasteiger partial charge on any atom is 0.306 e. The SMILES string of the molecule is CC/C=C\C/C=C\C/C=C\C/C=C\C/C=C\C/C=C\CCC(=O)OC(COC(=O)CCCCCCCC)COC(=O)CCCCCCCCCCCCCC/C=C\C/C=C\C/C=C\CCCCCCC. The minimum atomic E-state index is -0.817. The lowest BCUT2D eigenvalue weighted by Crippen LogP contribution is -2.30. The standard InChI is InChI=1S/C64H106O6/c1-4-7-10-13-16-18-20-22-24-26-28-29-30-31-32-33-34-35-37-38-40-42-44-46-48-51-54-57-63(66)69-60-61(59-68-62(65)56-53-50-15-12-9-6-3)70-64(67)58-55-52-49-47-45-43-41-39-36-27-25-23-21-19-17-14-11-8-5-2/h8,11,17,19-20,22-23,25-26,28,30-31,36,39,43,45,49,52,61H,4-7,9-10,12-16,18,21,24,27,29,32-35,37-38,40-42,44,46-48,50-51,53-60H2,1-3H3/b11-8-,19-17-,22-20-,25-23-,28-26-,31-30-,39-36-,45-43-,52-49-. The van der Waals surface area contributed by atoms with Gasteiger partial charge in [-0.15, -0.1) is 0 Å². The van der Waals surface area contributed by atoms with E-state index in [0.29, 0.717) is 19.3 Å². The summed E-state index contributed by atoms with van der Waals surface area (Å²) in [5.41, 5.74) is 0. The van der Waals surface area contributed by atoms with E-state index in [4.69, 9.17) is 14.2 Å². The Morgan fingerprint density at radius 3 is 0.929 bits per heavy atom. The molecule has 0 aromatic heterocycles. The number of allylic oxidation sites excluding steroid dienone is 18. The van der Waals surface area contributed by atoms with Gasteiger partial charge in [0.1, 0.15) is 13.2 Å². The van der Waals surface area contributed by atoms with Crippen LogP contribution >= 0.6 is 0 Å². The van der Waals surface area contributed by atoms with Crippen LogP contribution in [0.25, 0.3) is 0 Å². The molecule has 0 aliphatic rings. The third-order valence-electron chi connectivity index (χ3n) is 12.0. The molecule has 1 atom stereocenters. The van der Waals surface area contributed by atoms with E-state index in [1.165, 1.54) is 122 Å². The van der Waals surface area contributed by atoms with Crippen LogP contribution in [0.3, 0.4) is 0 Å². The molecular formula is C64H106O6. The van der Waals surface area contributed by atoms with Crippen LogP contribution in [0.15, 0.2) is 109 Å². The van der Waals surface area contributed by atoms with E-state index in [1.54, 1.807) is 0 Å². The Morgan fingerprint density at radius 1 is 0.300 bits per heavy atom. The van der Waals surface area contributed by atoms with E-state index in [2.05, 4.69) is 118 Å². The van der Waals surface area contributed by atoms with Crippen LogP contribution in [0.1, 0.15) is 258 Å². The van der Waals surface area contributed by atoms with Gasteiger partial charge in [-0.05, 0) is 96.3 Å². The van der Waals surface area contributed by atoms with Crippen molar-refractivity contribution in [3.63, 3.8) is 0 Å². The van der Waals surface area contributed by atoms with Gasteiger partial charge in [0.25, 0.3) is 0 Å². The predicted molar refractivity (Wildman–Crippen MR) is 302 cm³/mol. The maximum atomic E-state index is 12.8. The van der Waals surface area contributed by atoms with Gasteiger partial charge in [0.2, 0.25) is 0 Å². The Labute approximate surface area is 431 Å². The quantitative estimate of drug-likeness (QED) is 0.0262. The fraction of sp³-hybridized carbons (Fsp3) is 0.672. The third-order valence-corrected chi connectivity index (χ3v) is 12.0. The molecule has 0 radical (unpaired) electrons. The molecule has 6 heteroatoms. The van der Waals surface area contributed by atoms with Crippen LogP contribution in [-0.2, 0) is 28.6 Å². The van der Waals surface area contributed by atoms with Gasteiger partial charge in [0, 0.05) is 19.3 Å². The van der Waals surface area contributed by atoms with E-state index in [0.717, 1.165) is 89.9 Å². The average Bonchev–Trinajstić information content (AvgIpc) is 3.36. The molecular weight excluding hydrogens is 865 g/mol. The zero-order chi connectivity index (χ0) is 50.7. The first-order valence-electron chi connectivity index (χ1n) is 28.9. The number of unbranched alkanes of at least 4 members (excludes halogenated alkanes) is 22. The van der Waals surface area contributed by atoms with Crippen molar-refractivity contribution in [2.45, 2.75) is 264 Å². The smallest absolute Gasteiger partial charge is 0.306 e. The zero-order valence-electron chi connectivity index (χ0n) is 45.5. The van der Waals surface area contributed by atoms with E-state index in [1.807, 2.05) is 12.2 Å². The van der Waals surface area contributed by atoms with Crippen LogP contribution in [0.2, 0.25) is 0 Å². The second-order valence-electron chi connectivity index (χ2n) is 18.8. The summed E-state index contributed by atoms with van der Waals surface area (Å²) < 4.78 is 16.7. The molecule has 0 fully saturated rings. The largest absolute Gasteiger partial charge is 0.462 e. The maximum absolute atomic E-state index is 12.8. The Balaban J connectivity index is 4.22. The van der Waals surface area contributed by atoms with Gasteiger partial charge >= 0.3 is 17.9 Å². The highest BCUT2D eigenvalue weighted by Gasteiger charge is 2.19. The summed E-state index contributed by atoms with van der Waals surface area (Å²) in [6.45, 7) is 6.39. The molecule has 0 aromatic rings. The highest BCUT2D eigenvalue weighted by molar-refractivity contribution is 5.71. The molecule has 0 saturated carbocycles. The predicted octanol–water partition coefficient (Wildman–Crippen LogP) is 19.5. The number of rotatable bonds is 51. The summed E-state index contributed by atoms with van der Waals surface area (Å²) in [5, 5.41) is 0. The minimum absolute atomic E-state index is 0.110. The van der Waals surface area contributed by atoms with Crippen LogP contribution in [0, 0.1) is 0 Å². The van der Waals surface area contributed by atoms with E-state index >= 15 is 0 Å². The lowest BCUT2D eigenvalue weighted by molar-refractivity contribution is -0.166. The molecule has 398 valence electrons. The van der Waals surface area contributed by atoms with Crippen LogP contribution < -0.4 is 0 Å². The topological polar surface area (TPSA) is 78.9 Å². The highest BCUT2D eigenvalue weighted by atomic mass is 16.6.